The van der Waals surface area contributed by atoms with Gasteiger partial charge in [0.1, 0.15) is 17.3 Å². The SMILES string of the molecule is COc1ccc(OC)c(C(C)NC(=O)c2nc(C)n(-c3ccc(Cl)cc3)n2)c1. The number of carbonyl (C=O) groups excluding carboxylic acids is 1. The number of ether oxygens (including phenoxy) is 2. The molecule has 1 amide bonds. The van der Waals surface area contributed by atoms with Crippen LogP contribution in [0.1, 0.15) is 35.0 Å². The lowest BCUT2D eigenvalue weighted by atomic mass is 10.1. The molecule has 1 heterocycles. The first-order chi connectivity index (χ1) is 13.4. The molecule has 0 saturated carbocycles. The number of benzene rings is 2. The lowest BCUT2D eigenvalue weighted by molar-refractivity contribution is 0.0929. The molecule has 0 bridgehead atoms. The van der Waals surface area contributed by atoms with Gasteiger partial charge in [-0.05, 0) is 56.3 Å². The van der Waals surface area contributed by atoms with Gasteiger partial charge in [-0.3, -0.25) is 4.79 Å². The molecule has 146 valence electrons. The Morgan fingerprint density at radius 1 is 1.14 bits per heavy atom. The Hall–Kier alpha value is -3.06. The maximum atomic E-state index is 12.7. The third-order valence-corrected chi connectivity index (χ3v) is 4.55. The third kappa shape index (κ3) is 4.09. The second kappa shape index (κ2) is 8.31. The van der Waals surface area contributed by atoms with Crippen molar-refractivity contribution < 1.29 is 14.3 Å². The molecule has 0 saturated heterocycles. The molecule has 1 aromatic heterocycles. The quantitative estimate of drug-likeness (QED) is 0.682. The van der Waals surface area contributed by atoms with Crippen LogP contribution in [-0.2, 0) is 0 Å². The number of aromatic nitrogens is 3. The minimum atomic E-state index is -0.381. The van der Waals surface area contributed by atoms with Crippen molar-refractivity contribution in [2.24, 2.45) is 0 Å². The van der Waals surface area contributed by atoms with E-state index in [1.807, 2.05) is 25.1 Å². The number of nitrogens with one attached hydrogen (secondary N) is 1. The van der Waals surface area contributed by atoms with Gasteiger partial charge in [0, 0.05) is 10.6 Å². The van der Waals surface area contributed by atoms with E-state index in [0.29, 0.717) is 22.3 Å². The lowest BCUT2D eigenvalue weighted by Crippen LogP contribution is -2.28. The summed E-state index contributed by atoms with van der Waals surface area (Å²) in [4.78, 5) is 17.0. The number of nitrogens with zero attached hydrogens (tertiary/aromatic N) is 3. The van der Waals surface area contributed by atoms with Crippen LogP contribution in [0, 0.1) is 6.92 Å². The second-order valence-corrected chi connectivity index (χ2v) is 6.61. The van der Waals surface area contributed by atoms with Crippen molar-refractivity contribution >= 4 is 17.5 Å². The minimum Gasteiger partial charge on any atom is -0.497 e. The molecule has 3 rings (SSSR count). The molecule has 3 aromatic rings. The van der Waals surface area contributed by atoms with Gasteiger partial charge in [-0.1, -0.05) is 11.6 Å². The fourth-order valence-corrected chi connectivity index (χ4v) is 2.96. The van der Waals surface area contributed by atoms with E-state index < -0.39 is 0 Å². The van der Waals surface area contributed by atoms with Crippen molar-refractivity contribution in [1.29, 1.82) is 0 Å². The molecule has 8 heteroatoms. The van der Waals surface area contributed by atoms with Crippen molar-refractivity contribution in [1.82, 2.24) is 20.1 Å². The highest BCUT2D eigenvalue weighted by Gasteiger charge is 2.20. The Labute approximate surface area is 168 Å². The lowest BCUT2D eigenvalue weighted by Gasteiger charge is -2.17. The summed E-state index contributed by atoms with van der Waals surface area (Å²) in [7, 11) is 3.17. The molecule has 0 aliphatic rings. The summed E-state index contributed by atoms with van der Waals surface area (Å²) < 4.78 is 12.3. The van der Waals surface area contributed by atoms with Crippen LogP contribution in [0.3, 0.4) is 0 Å². The van der Waals surface area contributed by atoms with Crippen molar-refractivity contribution in [2.75, 3.05) is 14.2 Å². The molecule has 2 aromatic carbocycles. The summed E-state index contributed by atoms with van der Waals surface area (Å²) in [6.07, 6.45) is 0. The highest BCUT2D eigenvalue weighted by atomic mass is 35.5. The highest BCUT2D eigenvalue weighted by Crippen LogP contribution is 2.29. The first kappa shape index (κ1) is 19.7. The normalized spacial score (nSPS) is 11.8. The highest BCUT2D eigenvalue weighted by molar-refractivity contribution is 6.30. The molecular formula is C20H21ClN4O3. The molecule has 28 heavy (non-hydrogen) atoms. The number of rotatable bonds is 6. The molecule has 0 radical (unpaired) electrons. The maximum absolute atomic E-state index is 12.7. The smallest absolute Gasteiger partial charge is 0.291 e. The fourth-order valence-electron chi connectivity index (χ4n) is 2.83. The Kier molecular flexibility index (Phi) is 5.84. The molecule has 0 spiro atoms. The van der Waals surface area contributed by atoms with E-state index in [4.69, 9.17) is 21.1 Å². The molecule has 1 atom stereocenters. The van der Waals surface area contributed by atoms with Crippen molar-refractivity contribution in [3.8, 4) is 17.2 Å². The average Bonchev–Trinajstić information content (AvgIpc) is 3.09. The Morgan fingerprint density at radius 2 is 1.86 bits per heavy atom. The Balaban J connectivity index is 1.82. The number of halogens is 1. The van der Waals surface area contributed by atoms with Crippen molar-refractivity contribution in [2.45, 2.75) is 19.9 Å². The van der Waals surface area contributed by atoms with E-state index in [1.54, 1.807) is 50.1 Å². The van der Waals surface area contributed by atoms with Gasteiger partial charge in [-0.2, -0.15) is 0 Å². The van der Waals surface area contributed by atoms with E-state index in [0.717, 1.165) is 11.3 Å². The number of hydrogen-bond acceptors (Lipinski definition) is 5. The number of hydrogen-bond donors (Lipinski definition) is 1. The van der Waals surface area contributed by atoms with Gasteiger partial charge in [0.2, 0.25) is 5.82 Å². The van der Waals surface area contributed by atoms with Crippen LogP contribution in [0.25, 0.3) is 5.69 Å². The molecule has 0 aliphatic heterocycles. The van der Waals surface area contributed by atoms with Gasteiger partial charge in [-0.25, -0.2) is 9.67 Å². The largest absolute Gasteiger partial charge is 0.497 e. The van der Waals surface area contributed by atoms with Gasteiger partial charge in [-0.15, -0.1) is 5.10 Å². The molecule has 1 N–H and O–H groups in total. The van der Waals surface area contributed by atoms with Crippen LogP contribution < -0.4 is 14.8 Å². The van der Waals surface area contributed by atoms with Crippen molar-refractivity contribution in [3.05, 3.63) is 64.7 Å². The summed E-state index contributed by atoms with van der Waals surface area (Å²) in [6, 6.07) is 12.2. The average molecular weight is 401 g/mol. The fraction of sp³-hybridized carbons (Fsp3) is 0.250. The van der Waals surface area contributed by atoms with Gasteiger partial charge in [0.25, 0.3) is 5.91 Å². The molecule has 7 nitrogen and oxygen atoms in total. The van der Waals surface area contributed by atoms with E-state index in [1.165, 1.54) is 0 Å². The van der Waals surface area contributed by atoms with Gasteiger partial charge >= 0.3 is 0 Å². The summed E-state index contributed by atoms with van der Waals surface area (Å²) in [5, 5.41) is 7.86. The predicted molar refractivity (Wildman–Crippen MR) is 107 cm³/mol. The Bertz CT molecular complexity index is 986. The molecule has 1 unspecified atom stereocenters. The zero-order valence-corrected chi connectivity index (χ0v) is 16.8. The minimum absolute atomic E-state index is 0.0844. The first-order valence-electron chi connectivity index (χ1n) is 8.65. The predicted octanol–water partition coefficient (Wildman–Crippen LogP) is 3.74. The zero-order chi connectivity index (χ0) is 20.3. The zero-order valence-electron chi connectivity index (χ0n) is 16.1. The van der Waals surface area contributed by atoms with Gasteiger partial charge < -0.3 is 14.8 Å². The van der Waals surface area contributed by atoms with Crippen LogP contribution in [0.4, 0.5) is 0 Å². The summed E-state index contributed by atoms with van der Waals surface area (Å²) in [5.41, 5.74) is 1.57. The van der Waals surface area contributed by atoms with Crippen molar-refractivity contribution in [3.63, 3.8) is 0 Å². The van der Waals surface area contributed by atoms with E-state index in [2.05, 4.69) is 15.4 Å². The molecule has 0 fully saturated rings. The standard InChI is InChI=1S/C20H21ClN4O3/c1-12(17-11-16(27-3)9-10-18(17)28-4)22-20(26)19-23-13(2)25(24-19)15-7-5-14(21)6-8-15/h5-12H,1-4H3,(H,22,26). The van der Waals surface area contributed by atoms with Crippen LogP contribution in [-0.4, -0.2) is 34.9 Å². The summed E-state index contributed by atoms with van der Waals surface area (Å²) in [6.45, 7) is 3.64. The maximum Gasteiger partial charge on any atom is 0.291 e. The first-order valence-corrected chi connectivity index (χ1v) is 9.03. The number of amides is 1. The molecular weight excluding hydrogens is 380 g/mol. The Morgan fingerprint density at radius 3 is 2.50 bits per heavy atom. The number of carbonyl (C=O) groups is 1. The third-order valence-electron chi connectivity index (χ3n) is 4.29. The van der Waals surface area contributed by atoms with Crippen LogP contribution in [0.5, 0.6) is 11.5 Å². The van der Waals surface area contributed by atoms with Gasteiger partial charge in [0.15, 0.2) is 0 Å². The second-order valence-electron chi connectivity index (χ2n) is 6.17. The van der Waals surface area contributed by atoms with E-state index in [9.17, 15) is 4.79 Å². The number of methoxy groups -OCH3 is 2. The topological polar surface area (TPSA) is 78.3 Å². The van der Waals surface area contributed by atoms with Crippen LogP contribution >= 0.6 is 11.6 Å². The van der Waals surface area contributed by atoms with Crippen LogP contribution in [0.2, 0.25) is 5.02 Å². The van der Waals surface area contributed by atoms with Crippen LogP contribution in [0.15, 0.2) is 42.5 Å². The van der Waals surface area contributed by atoms with E-state index >= 15 is 0 Å². The van der Waals surface area contributed by atoms with E-state index in [-0.39, 0.29) is 17.8 Å². The van der Waals surface area contributed by atoms with Gasteiger partial charge in [0.05, 0.1) is 25.9 Å². The summed E-state index contributed by atoms with van der Waals surface area (Å²) in [5.74, 6) is 1.63. The monoisotopic (exact) mass is 400 g/mol. The molecule has 0 aliphatic carbocycles. The summed E-state index contributed by atoms with van der Waals surface area (Å²) >= 11 is 5.93. The number of aryl methyl sites for hydroxylation is 1.